The Bertz CT molecular complexity index is 1760. The maximum Gasteiger partial charge on any atom is 0.350 e. The van der Waals surface area contributed by atoms with Crippen LogP contribution in [0.3, 0.4) is 0 Å². The lowest BCUT2D eigenvalue weighted by molar-refractivity contribution is -0.128. The van der Waals surface area contributed by atoms with Crippen molar-refractivity contribution in [2.75, 3.05) is 24.6 Å². The van der Waals surface area contributed by atoms with Gasteiger partial charge in [0.15, 0.2) is 5.75 Å². The Hall–Kier alpha value is -4.47. The lowest BCUT2D eigenvalue weighted by Crippen LogP contribution is -2.58. The summed E-state index contributed by atoms with van der Waals surface area (Å²) >= 11 is 0. The molecule has 1 amide bonds. The van der Waals surface area contributed by atoms with Crippen LogP contribution in [0.25, 0.3) is 32.8 Å². The third-order valence-electron chi connectivity index (χ3n) is 7.51. The van der Waals surface area contributed by atoms with Crippen LogP contribution < -0.4 is 20.9 Å². The molecule has 0 aliphatic carbocycles. The molecule has 38 heavy (non-hydrogen) atoms. The monoisotopic (exact) mass is 515 g/mol. The number of nitrogens with one attached hydrogen (secondary N) is 1. The van der Waals surface area contributed by atoms with E-state index in [2.05, 4.69) is 16.5 Å². The number of rotatable bonds is 3. The molecule has 2 aromatic heterocycles. The largest absolute Gasteiger partial charge is 0.489 e. The summed E-state index contributed by atoms with van der Waals surface area (Å²) in [4.78, 5) is 49.2. The maximum atomic E-state index is 15.4. The van der Waals surface area contributed by atoms with E-state index in [-0.39, 0.29) is 35.5 Å². The molecule has 0 spiro atoms. The lowest BCUT2D eigenvalue weighted by Gasteiger charge is -2.44. The number of H-pyrrole nitrogens is 1. The van der Waals surface area contributed by atoms with Gasteiger partial charge in [-0.2, -0.15) is 4.98 Å². The van der Waals surface area contributed by atoms with Crippen LogP contribution in [0.1, 0.15) is 13.8 Å². The van der Waals surface area contributed by atoms with Crippen molar-refractivity contribution in [3.63, 3.8) is 0 Å². The lowest BCUT2D eigenvalue weighted by atomic mass is 9.96. The van der Waals surface area contributed by atoms with Crippen molar-refractivity contribution < 1.29 is 13.9 Å². The third kappa shape index (κ3) is 3.51. The fourth-order valence-electron chi connectivity index (χ4n) is 5.70. The number of carbonyl (C=O) groups is 1. The average Bonchev–Trinajstić information content (AvgIpc) is 2.92. The van der Waals surface area contributed by atoms with Crippen molar-refractivity contribution >= 4 is 33.4 Å². The Kier molecular flexibility index (Phi) is 5.55. The summed E-state index contributed by atoms with van der Waals surface area (Å²) in [6, 6.07) is 7.87. The number of halogens is 1. The van der Waals surface area contributed by atoms with E-state index in [0.717, 1.165) is 0 Å². The fourth-order valence-corrected chi connectivity index (χ4v) is 5.70. The standard InChI is InChI=1S/C28H26FN5O4/c1-4-21(35)33-13-16(3)34(14-15(33)2)26-19-7-6-18(25-24(19)32(11-12-38-25)28(37)31-26)23-20(29)8-5-17-9-10-30-27(36)22(17)23/h4-10,15-16H,1,11-14H2,2-3H3,(H,30,36)/t15-,16+/m1/s1. The number of piperazine rings is 1. The van der Waals surface area contributed by atoms with Crippen molar-refractivity contribution in [1.82, 2.24) is 19.4 Å². The quantitative estimate of drug-likeness (QED) is 0.421. The van der Waals surface area contributed by atoms with Gasteiger partial charge in [-0.25, -0.2) is 9.18 Å². The number of ether oxygens (including phenoxy) is 1. The molecule has 0 saturated carbocycles. The van der Waals surface area contributed by atoms with E-state index in [1.807, 2.05) is 18.7 Å². The van der Waals surface area contributed by atoms with E-state index in [9.17, 15) is 14.4 Å². The molecule has 2 aliphatic heterocycles. The molecule has 6 rings (SSSR count). The highest BCUT2D eigenvalue weighted by molar-refractivity contribution is 6.04. The number of hydrogen-bond donors (Lipinski definition) is 1. The molecule has 9 nitrogen and oxygen atoms in total. The molecule has 0 radical (unpaired) electrons. The van der Waals surface area contributed by atoms with E-state index in [0.29, 0.717) is 53.1 Å². The molecule has 4 aromatic rings. The number of aromatic nitrogens is 3. The van der Waals surface area contributed by atoms with Gasteiger partial charge in [-0.1, -0.05) is 12.6 Å². The molecule has 10 heteroatoms. The first-order valence-corrected chi connectivity index (χ1v) is 12.5. The molecule has 4 heterocycles. The summed E-state index contributed by atoms with van der Waals surface area (Å²) in [6.07, 6.45) is 2.83. The predicted octanol–water partition coefficient (Wildman–Crippen LogP) is 3.05. The van der Waals surface area contributed by atoms with Gasteiger partial charge in [0.25, 0.3) is 5.56 Å². The number of nitrogens with zero attached hydrogens (tertiary/aromatic N) is 4. The second-order valence-electron chi connectivity index (χ2n) is 9.80. The van der Waals surface area contributed by atoms with Gasteiger partial charge in [0.1, 0.15) is 18.2 Å². The first-order valence-electron chi connectivity index (χ1n) is 12.5. The van der Waals surface area contributed by atoms with Gasteiger partial charge in [-0.3, -0.25) is 14.2 Å². The van der Waals surface area contributed by atoms with Crippen molar-refractivity contribution in [2.45, 2.75) is 32.5 Å². The summed E-state index contributed by atoms with van der Waals surface area (Å²) in [6.45, 7) is 8.94. The number of fused-ring (bicyclic) bond motifs is 1. The topological polar surface area (TPSA) is 101 Å². The van der Waals surface area contributed by atoms with Crippen LogP contribution in [-0.4, -0.2) is 57.1 Å². The zero-order chi connectivity index (χ0) is 26.7. The van der Waals surface area contributed by atoms with Crippen molar-refractivity contribution in [2.24, 2.45) is 0 Å². The number of anilines is 1. The molecular weight excluding hydrogens is 489 g/mol. The van der Waals surface area contributed by atoms with Crippen LogP contribution in [-0.2, 0) is 11.3 Å². The Morgan fingerprint density at radius 3 is 2.76 bits per heavy atom. The Balaban J connectivity index is 1.58. The zero-order valence-electron chi connectivity index (χ0n) is 21.0. The number of benzene rings is 2. The third-order valence-corrected chi connectivity index (χ3v) is 7.51. The smallest absolute Gasteiger partial charge is 0.350 e. The number of carbonyl (C=O) groups excluding carboxylic acids is 1. The molecule has 1 N–H and O–H groups in total. The van der Waals surface area contributed by atoms with Crippen molar-refractivity contribution in [3.8, 4) is 16.9 Å². The maximum absolute atomic E-state index is 15.4. The highest BCUT2D eigenvalue weighted by Gasteiger charge is 2.34. The first-order chi connectivity index (χ1) is 18.3. The number of hydrogen-bond acceptors (Lipinski definition) is 6. The van der Waals surface area contributed by atoms with Gasteiger partial charge < -0.3 is 19.5 Å². The van der Waals surface area contributed by atoms with E-state index in [1.54, 1.807) is 33.7 Å². The number of pyridine rings is 1. The highest BCUT2D eigenvalue weighted by atomic mass is 19.1. The Labute approximate surface area is 216 Å². The van der Waals surface area contributed by atoms with Gasteiger partial charge in [0.2, 0.25) is 5.91 Å². The number of aromatic amines is 1. The van der Waals surface area contributed by atoms with Crippen LogP contribution >= 0.6 is 0 Å². The molecule has 2 atom stereocenters. The van der Waals surface area contributed by atoms with Crippen molar-refractivity contribution in [1.29, 1.82) is 0 Å². The summed E-state index contributed by atoms with van der Waals surface area (Å²) in [7, 11) is 0. The van der Waals surface area contributed by atoms with Gasteiger partial charge in [0, 0.05) is 47.9 Å². The van der Waals surface area contributed by atoms with Crippen LogP contribution in [0.4, 0.5) is 10.2 Å². The van der Waals surface area contributed by atoms with Crippen LogP contribution in [0, 0.1) is 5.82 Å². The van der Waals surface area contributed by atoms with E-state index in [4.69, 9.17) is 4.74 Å². The Morgan fingerprint density at radius 1 is 1.16 bits per heavy atom. The van der Waals surface area contributed by atoms with Gasteiger partial charge in [-0.15, -0.1) is 0 Å². The van der Waals surface area contributed by atoms with Crippen LogP contribution in [0.15, 0.2) is 58.8 Å². The minimum Gasteiger partial charge on any atom is -0.489 e. The second kappa shape index (κ2) is 8.83. The SMILES string of the molecule is C=CC(=O)N1C[C@H](C)N(c2nc(=O)n3c4c(c(-c5c(F)ccc6cc[nH]c(=O)c56)ccc24)OCC3)C[C@H]1C. The molecule has 2 aromatic carbocycles. The second-order valence-corrected chi connectivity index (χ2v) is 9.80. The van der Waals surface area contributed by atoms with Gasteiger partial charge in [0.05, 0.1) is 17.4 Å². The fraction of sp³-hybridized carbons (Fsp3) is 0.286. The summed E-state index contributed by atoms with van der Waals surface area (Å²) in [5.41, 5.74) is 0.179. The van der Waals surface area contributed by atoms with Crippen LogP contribution in [0.2, 0.25) is 0 Å². The predicted molar refractivity (Wildman–Crippen MR) is 143 cm³/mol. The minimum absolute atomic E-state index is 0.123. The molecular formula is C28H26FN5O4. The van der Waals surface area contributed by atoms with Gasteiger partial charge >= 0.3 is 5.69 Å². The zero-order valence-corrected chi connectivity index (χ0v) is 21.0. The summed E-state index contributed by atoms with van der Waals surface area (Å²) in [5.74, 6) is 0.123. The van der Waals surface area contributed by atoms with E-state index < -0.39 is 17.1 Å². The normalized spacial score (nSPS) is 19.0. The molecule has 2 aliphatic rings. The summed E-state index contributed by atoms with van der Waals surface area (Å²) in [5, 5.41) is 1.49. The first kappa shape index (κ1) is 23.9. The molecule has 1 saturated heterocycles. The Morgan fingerprint density at radius 2 is 1.97 bits per heavy atom. The van der Waals surface area contributed by atoms with E-state index in [1.165, 1.54) is 18.3 Å². The molecule has 0 bridgehead atoms. The minimum atomic E-state index is -0.562. The molecule has 194 valence electrons. The van der Waals surface area contributed by atoms with Crippen LogP contribution in [0.5, 0.6) is 5.75 Å². The van der Waals surface area contributed by atoms with Crippen molar-refractivity contribution in [3.05, 3.63) is 75.8 Å². The molecule has 1 fully saturated rings. The molecule has 0 unspecified atom stereocenters. The number of amides is 1. The average molecular weight is 516 g/mol. The summed E-state index contributed by atoms with van der Waals surface area (Å²) < 4.78 is 23.0. The highest BCUT2D eigenvalue weighted by Crippen LogP contribution is 2.43. The van der Waals surface area contributed by atoms with E-state index >= 15 is 4.39 Å². The van der Waals surface area contributed by atoms with Gasteiger partial charge in [-0.05, 0) is 49.6 Å².